The van der Waals surface area contributed by atoms with Crippen LogP contribution in [-0.2, 0) is 0 Å². The topological polar surface area (TPSA) is 45.5 Å². The lowest BCUT2D eigenvalue weighted by molar-refractivity contribution is 0.367. The molecule has 0 saturated heterocycles. The average Bonchev–Trinajstić information content (AvgIpc) is 2.73. The summed E-state index contributed by atoms with van der Waals surface area (Å²) in [4.78, 5) is 6.65. The Hall–Kier alpha value is -1.14. The van der Waals surface area contributed by atoms with Crippen LogP contribution in [0.15, 0.2) is 22.8 Å². The summed E-state index contributed by atoms with van der Waals surface area (Å²) >= 11 is 3.45. The van der Waals surface area contributed by atoms with Crippen molar-refractivity contribution in [2.45, 2.75) is 6.92 Å². The van der Waals surface area contributed by atoms with Gasteiger partial charge in [0, 0.05) is 19.3 Å². The molecular weight excluding hydrogens is 282 g/mol. The molecule has 0 fully saturated rings. The third-order valence-corrected chi connectivity index (χ3v) is 3.25. The van der Waals surface area contributed by atoms with E-state index in [-0.39, 0.29) is 0 Å². The zero-order valence-electron chi connectivity index (χ0n) is 10.0. The molecular formula is C11H16BrN5. The molecule has 5 nitrogen and oxygen atoms in total. The standard InChI is InChI=1S/C11H16BrN5/c1-3-16(2)8-6-13-11-14-10-9(12)5-4-7-17(10)15-11/h4-5,7H,3,6,8H2,1-2H3,(H,13,15). The van der Waals surface area contributed by atoms with Crippen molar-refractivity contribution in [1.82, 2.24) is 19.5 Å². The van der Waals surface area contributed by atoms with Crippen LogP contribution in [-0.4, -0.2) is 46.2 Å². The number of halogens is 1. The number of anilines is 1. The first-order valence-electron chi connectivity index (χ1n) is 5.64. The fourth-order valence-corrected chi connectivity index (χ4v) is 1.89. The van der Waals surface area contributed by atoms with Crippen LogP contribution in [0.25, 0.3) is 5.65 Å². The van der Waals surface area contributed by atoms with Gasteiger partial charge in [0.2, 0.25) is 5.95 Å². The van der Waals surface area contributed by atoms with Crippen LogP contribution < -0.4 is 5.32 Å². The maximum Gasteiger partial charge on any atom is 0.243 e. The molecule has 0 saturated carbocycles. The second kappa shape index (κ2) is 5.46. The lowest BCUT2D eigenvalue weighted by Crippen LogP contribution is -2.24. The minimum absolute atomic E-state index is 0.668. The van der Waals surface area contributed by atoms with Crippen molar-refractivity contribution < 1.29 is 0 Å². The average molecular weight is 298 g/mol. The van der Waals surface area contributed by atoms with E-state index >= 15 is 0 Å². The van der Waals surface area contributed by atoms with Crippen LogP contribution >= 0.6 is 15.9 Å². The Bertz CT molecular complexity index is 496. The van der Waals surface area contributed by atoms with Crippen molar-refractivity contribution in [3.8, 4) is 0 Å². The van der Waals surface area contributed by atoms with Gasteiger partial charge in [0.15, 0.2) is 5.65 Å². The smallest absolute Gasteiger partial charge is 0.243 e. The third-order valence-electron chi connectivity index (χ3n) is 2.63. The van der Waals surface area contributed by atoms with E-state index in [9.17, 15) is 0 Å². The SMILES string of the molecule is CCN(C)CCNc1nc2c(Br)cccn2n1. The molecule has 2 aromatic rings. The Morgan fingerprint density at radius 1 is 1.53 bits per heavy atom. The van der Waals surface area contributed by atoms with Crippen LogP contribution in [0.4, 0.5) is 5.95 Å². The molecule has 0 bridgehead atoms. The second-order valence-electron chi connectivity index (χ2n) is 3.88. The van der Waals surface area contributed by atoms with Crippen molar-refractivity contribution in [1.29, 1.82) is 0 Å². The Kier molecular flexibility index (Phi) is 3.96. The van der Waals surface area contributed by atoms with E-state index in [0.29, 0.717) is 5.95 Å². The molecule has 6 heteroatoms. The number of aromatic nitrogens is 3. The van der Waals surface area contributed by atoms with Gasteiger partial charge in [0.05, 0.1) is 4.47 Å². The van der Waals surface area contributed by atoms with Crippen molar-refractivity contribution >= 4 is 27.5 Å². The fourth-order valence-electron chi connectivity index (χ4n) is 1.47. The van der Waals surface area contributed by atoms with Crippen LogP contribution in [0.5, 0.6) is 0 Å². The van der Waals surface area contributed by atoms with E-state index in [1.54, 1.807) is 4.52 Å². The van der Waals surface area contributed by atoms with Gasteiger partial charge in [-0.05, 0) is 41.7 Å². The fraction of sp³-hybridized carbons (Fsp3) is 0.455. The number of likely N-dealkylation sites (N-methyl/N-ethyl adjacent to an activating group) is 1. The molecule has 0 aliphatic heterocycles. The summed E-state index contributed by atoms with van der Waals surface area (Å²) in [7, 11) is 2.09. The molecule has 17 heavy (non-hydrogen) atoms. The number of rotatable bonds is 5. The van der Waals surface area contributed by atoms with Gasteiger partial charge in [-0.1, -0.05) is 6.92 Å². The van der Waals surface area contributed by atoms with Crippen LogP contribution in [0.3, 0.4) is 0 Å². The number of hydrogen-bond acceptors (Lipinski definition) is 4. The molecule has 0 radical (unpaired) electrons. The van der Waals surface area contributed by atoms with Crippen LogP contribution in [0.1, 0.15) is 6.92 Å². The van der Waals surface area contributed by atoms with Crippen molar-refractivity contribution in [2.75, 3.05) is 32.0 Å². The molecule has 0 spiro atoms. The van der Waals surface area contributed by atoms with Gasteiger partial charge in [0.1, 0.15) is 0 Å². The maximum atomic E-state index is 4.41. The van der Waals surface area contributed by atoms with Crippen LogP contribution in [0.2, 0.25) is 0 Å². The first-order chi connectivity index (χ1) is 8.20. The lowest BCUT2D eigenvalue weighted by atomic mass is 10.5. The molecule has 0 aliphatic carbocycles. The van der Waals surface area contributed by atoms with E-state index in [1.165, 1.54) is 0 Å². The van der Waals surface area contributed by atoms with Gasteiger partial charge in [-0.15, -0.1) is 5.10 Å². The maximum absolute atomic E-state index is 4.41. The highest BCUT2D eigenvalue weighted by atomic mass is 79.9. The van der Waals surface area contributed by atoms with Crippen molar-refractivity contribution in [3.05, 3.63) is 22.8 Å². The predicted octanol–water partition coefficient (Wildman–Crippen LogP) is 1.86. The second-order valence-corrected chi connectivity index (χ2v) is 4.74. The van der Waals surface area contributed by atoms with E-state index in [0.717, 1.165) is 29.8 Å². The molecule has 0 aromatic carbocycles. The highest BCUT2D eigenvalue weighted by Crippen LogP contribution is 2.16. The first kappa shape index (κ1) is 12.3. The van der Waals surface area contributed by atoms with Crippen LogP contribution in [0, 0.1) is 0 Å². The van der Waals surface area contributed by atoms with Gasteiger partial charge >= 0.3 is 0 Å². The monoisotopic (exact) mass is 297 g/mol. The third kappa shape index (κ3) is 2.95. The molecule has 0 amide bonds. The number of pyridine rings is 1. The van der Waals surface area contributed by atoms with E-state index in [4.69, 9.17) is 0 Å². The van der Waals surface area contributed by atoms with Gasteiger partial charge in [-0.25, -0.2) is 4.52 Å². The number of nitrogens with one attached hydrogen (secondary N) is 1. The Morgan fingerprint density at radius 2 is 2.35 bits per heavy atom. The number of hydrogen-bond donors (Lipinski definition) is 1. The Morgan fingerprint density at radius 3 is 3.06 bits per heavy atom. The van der Waals surface area contributed by atoms with E-state index < -0.39 is 0 Å². The molecule has 0 atom stereocenters. The summed E-state index contributed by atoms with van der Waals surface area (Å²) in [5, 5.41) is 7.56. The molecule has 2 rings (SSSR count). The van der Waals surface area contributed by atoms with E-state index in [1.807, 2.05) is 18.3 Å². The van der Waals surface area contributed by atoms with Gasteiger partial charge < -0.3 is 10.2 Å². The molecule has 0 aliphatic rings. The summed E-state index contributed by atoms with van der Waals surface area (Å²) < 4.78 is 2.71. The van der Waals surface area contributed by atoms with Gasteiger partial charge in [-0.3, -0.25) is 0 Å². The molecule has 1 N–H and O–H groups in total. The number of nitrogens with zero attached hydrogens (tertiary/aromatic N) is 4. The minimum atomic E-state index is 0.668. The minimum Gasteiger partial charge on any atom is -0.352 e. The normalized spacial score (nSPS) is 11.3. The molecule has 2 heterocycles. The molecule has 92 valence electrons. The Balaban J connectivity index is 2.02. The summed E-state index contributed by atoms with van der Waals surface area (Å²) in [6, 6.07) is 3.89. The Labute approximate surface area is 109 Å². The summed E-state index contributed by atoms with van der Waals surface area (Å²) in [6.07, 6.45) is 1.89. The van der Waals surface area contributed by atoms with Gasteiger partial charge in [0.25, 0.3) is 0 Å². The lowest BCUT2D eigenvalue weighted by Gasteiger charge is -2.12. The largest absolute Gasteiger partial charge is 0.352 e. The summed E-state index contributed by atoms with van der Waals surface area (Å²) in [5.41, 5.74) is 0.832. The molecule has 2 aromatic heterocycles. The zero-order valence-corrected chi connectivity index (χ0v) is 11.6. The quantitative estimate of drug-likeness (QED) is 0.915. The predicted molar refractivity (Wildman–Crippen MR) is 72.3 cm³/mol. The zero-order chi connectivity index (χ0) is 12.3. The van der Waals surface area contributed by atoms with Crippen molar-refractivity contribution in [3.63, 3.8) is 0 Å². The van der Waals surface area contributed by atoms with Crippen molar-refractivity contribution in [2.24, 2.45) is 0 Å². The van der Waals surface area contributed by atoms with E-state index in [2.05, 4.69) is 50.2 Å². The summed E-state index contributed by atoms with van der Waals surface area (Å²) in [6.45, 7) is 5.01. The van der Waals surface area contributed by atoms with Gasteiger partial charge in [-0.2, -0.15) is 4.98 Å². The number of fused-ring (bicyclic) bond motifs is 1. The first-order valence-corrected chi connectivity index (χ1v) is 6.43. The summed E-state index contributed by atoms with van der Waals surface area (Å²) in [5.74, 6) is 0.668. The molecule has 0 unspecified atom stereocenters. The highest BCUT2D eigenvalue weighted by molar-refractivity contribution is 9.10. The highest BCUT2D eigenvalue weighted by Gasteiger charge is 2.05.